The van der Waals surface area contributed by atoms with E-state index in [1.807, 2.05) is 6.07 Å². The van der Waals surface area contributed by atoms with Crippen LogP contribution in [0.15, 0.2) is 24.3 Å². The van der Waals surface area contributed by atoms with Crippen LogP contribution in [0.2, 0.25) is 0 Å². The van der Waals surface area contributed by atoms with Gasteiger partial charge in [0.05, 0.1) is 31.0 Å². The molecule has 2 fully saturated rings. The normalized spacial score (nSPS) is 21.9. The fourth-order valence-corrected chi connectivity index (χ4v) is 2.57. The van der Waals surface area contributed by atoms with E-state index in [2.05, 4.69) is 0 Å². The molecule has 1 amide bonds. The fraction of sp³-hybridized carbons (Fsp3) is 0.500. The summed E-state index contributed by atoms with van der Waals surface area (Å²) in [6.45, 7) is 3.64. The number of benzene rings is 1. The van der Waals surface area contributed by atoms with Crippen molar-refractivity contribution in [1.82, 2.24) is 4.90 Å². The Hall–Kier alpha value is -1.90. The molecule has 0 saturated carbocycles. The average Bonchev–Trinajstić information content (AvgIpc) is 2.99. The highest BCUT2D eigenvalue weighted by Crippen LogP contribution is 2.19. The SMILES string of the molecule is N#Cc1ccc(C(=O)N2CC(OCC3CCOC3)C2)cc1. The van der Waals surface area contributed by atoms with Crippen molar-refractivity contribution in [3.8, 4) is 6.07 Å². The van der Waals surface area contributed by atoms with Gasteiger partial charge in [0.1, 0.15) is 0 Å². The number of nitriles is 1. The quantitative estimate of drug-likeness (QED) is 0.840. The van der Waals surface area contributed by atoms with Crippen molar-refractivity contribution in [3.63, 3.8) is 0 Å². The van der Waals surface area contributed by atoms with E-state index in [1.165, 1.54) is 0 Å². The van der Waals surface area contributed by atoms with E-state index in [1.54, 1.807) is 29.2 Å². The second-order valence-electron chi connectivity index (χ2n) is 5.58. The first-order chi connectivity index (χ1) is 10.3. The van der Waals surface area contributed by atoms with E-state index in [4.69, 9.17) is 14.7 Å². The van der Waals surface area contributed by atoms with Gasteiger partial charge in [-0.15, -0.1) is 0 Å². The second kappa shape index (κ2) is 6.25. The fourth-order valence-electron chi connectivity index (χ4n) is 2.57. The van der Waals surface area contributed by atoms with Crippen molar-refractivity contribution < 1.29 is 14.3 Å². The van der Waals surface area contributed by atoms with Gasteiger partial charge in [0.2, 0.25) is 0 Å². The Bertz CT molecular complexity index is 538. The molecule has 3 rings (SSSR count). The maximum absolute atomic E-state index is 12.2. The number of carbonyl (C=O) groups excluding carboxylic acids is 1. The Morgan fingerprint density at radius 2 is 2.14 bits per heavy atom. The van der Waals surface area contributed by atoms with Crippen molar-refractivity contribution in [3.05, 3.63) is 35.4 Å². The van der Waals surface area contributed by atoms with Crippen LogP contribution in [-0.4, -0.2) is 49.8 Å². The predicted molar refractivity (Wildman–Crippen MR) is 75.7 cm³/mol. The Morgan fingerprint density at radius 1 is 1.38 bits per heavy atom. The number of carbonyl (C=O) groups is 1. The Labute approximate surface area is 124 Å². The lowest BCUT2D eigenvalue weighted by atomic mass is 10.1. The lowest BCUT2D eigenvalue weighted by Gasteiger charge is -2.39. The maximum Gasteiger partial charge on any atom is 0.254 e. The standard InChI is InChI=1S/C16H18N2O3/c17-7-12-1-3-14(4-2-12)16(19)18-8-15(9-18)21-11-13-5-6-20-10-13/h1-4,13,15H,5-6,8-11H2. The summed E-state index contributed by atoms with van der Waals surface area (Å²) in [5, 5.41) is 8.75. The molecule has 0 bridgehead atoms. The summed E-state index contributed by atoms with van der Waals surface area (Å²) in [5.74, 6) is 0.511. The molecular formula is C16H18N2O3. The van der Waals surface area contributed by atoms with Gasteiger partial charge in [-0.3, -0.25) is 4.79 Å². The number of hydrogen-bond acceptors (Lipinski definition) is 4. The molecule has 2 heterocycles. The minimum absolute atomic E-state index is 0.00328. The largest absolute Gasteiger partial charge is 0.381 e. The molecule has 0 N–H and O–H groups in total. The Kier molecular flexibility index (Phi) is 4.18. The van der Waals surface area contributed by atoms with Gasteiger partial charge in [-0.25, -0.2) is 0 Å². The molecule has 0 aromatic heterocycles. The third kappa shape index (κ3) is 3.23. The first-order valence-electron chi connectivity index (χ1n) is 7.25. The molecule has 5 nitrogen and oxygen atoms in total. The van der Waals surface area contributed by atoms with E-state index in [-0.39, 0.29) is 12.0 Å². The van der Waals surface area contributed by atoms with Crippen LogP contribution in [-0.2, 0) is 9.47 Å². The topological polar surface area (TPSA) is 62.6 Å². The van der Waals surface area contributed by atoms with Gasteiger partial charge in [0.15, 0.2) is 0 Å². The molecule has 5 heteroatoms. The van der Waals surface area contributed by atoms with Crippen LogP contribution >= 0.6 is 0 Å². The zero-order valence-electron chi connectivity index (χ0n) is 11.8. The molecule has 21 heavy (non-hydrogen) atoms. The van der Waals surface area contributed by atoms with E-state index < -0.39 is 0 Å². The molecule has 2 saturated heterocycles. The number of ether oxygens (including phenoxy) is 2. The van der Waals surface area contributed by atoms with Gasteiger partial charge in [-0.2, -0.15) is 5.26 Å². The minimum atomic E-state index is 0.00328. The third-order valence-electron chi connectivity index (χ3n) is 3.99. The van der Waals surface area contributed by atoms with Gasteiger partial charge in [0, 0.05) is 31.2 Å². The van der Waals surface area contributed by atoms with E-state index >= 15 is 0 Å². The van der Waals surface area contributed by atoms with E-state index in [9.17, 15) is 4.79 Å². The van der Waals surface area contributed by atoms with Crippen molar-refractivity contribution in [2.45, 2.75) is 12.5 Å². The highest BCUT2D eigenvalue weighted by Gasteiger charge is 2.32. The van der Waals surface area contributed by atoms with Crippen LogP contribution < -0.4 is 0 Å². The summed E-state index contributed by atoms with van der Waals surface area (Å²) < 4.78 is 11.1. The molecule has 2 aliphatic heterocycles. The lowest BCUT2D eigenvalue weighted by Crippen LogP contribution is -2.55. The first kappa shape index (κ1) is 14.1. The number of hydrogen-bond donors (Lipinski definition) is 0. The molecule has 2 aliphatic rings. The highest BCUT2D eigenvalue weighted by atomic mass is 16.5. The summed E-state index contributed by atoms with van der Waals surface area (Å²) in [7, 11) is 0. The molecule has 1 aromatic carbocycles. The van der Waals surface area contributed by atoms with Crippen molar-refractivity contribution in [2.24, 2.45) is 5.92 Å². The molecule has 1 atom stereocenters. The van der Waals surface area contributed by atoms with Gasteiger partial charge in [-0.1, -0.05) is 0 Å². The molecule has 1 unspecified atom stereocenters. The number of amides is 1. The summed E-state index contributed by atoms with van der Waals surface area (Å²) in [4.78, 5) is 14.0. The van der Waals surface area contributed by atoms with Gasteiger partial charge < -0.3 is 14.4 Å². The zero-order valence-corrected chi connectivity index (χ0v) is 11.8. The highest BCUT2D eigenvalue weighted by molar-refractivity contribution is 5.94. The van der Waals surface area contributed by atoms with Crippen LogP contribution in [0.1, 0.15) is 22.3 Å². The van der Waals surface area contributed by atoms with Crippen LogP contribution in [0.3, 0.4) is 0 Å². The number of rotatable bonds is 4. The van der Waals surface area contributed by atoms with E-state index in [0.717, 1.165) is 26.2 Å². The lowest BCUT2D eigenvalue weighted by molar-refractivity contribution is -0.0541. The van der Waals surface area contributed by atoms with E-state index in [0.29, 0.717) is 30.1 Å². The van der Waals surface area contributed by atoms with Crippen LogP contribution in [0.25, 0.3) is 0 Å². The summed E-state index contributed by atoms with van der Waals surface area (Å²) in [5.41, 5.74) is 1.19. The van der Waals surface area contributed by atoms with Crippen molar-refractivity contribution >= 4 is 5.91 Å². The Balaban J connectivity index is 1.44. The summed E-state index contributed by atoms with van der Waals surface area (Å²) in [6, 6.07) is 8.78. The van der Waals surface area contributed by atoms with Crippen LogP contribution in [0.4, 0.5) is 0 Å². The summed E-state index contributed by atoms with van der Waals surface area (Å²) in [6.07, 6.45) is 1.22. The molecule has 110 valence electrons. The van der Waals surface area contributed by atoms with Gasteiger partial charge in [0.25, 0.3) is 5.91 Å². The maximum atomic E-state index is 12.2. The number of likely N-dealkylation sites (tertiary alicyclic amines) is 1. The predicted octanol–water partition coefficient (Wildman–Crippen LogP) is 1.44. The van der Waals surface area contributed by atoms with Crippen molar-refractivity contribution in [1.29, 1.82) is 5.26 Å². The van der Waals surface area contributed by atoms with Crippen molar-refractivity contribution in [2.75, 3.05) is 32.9 Å². The molecule has 0 spiro atoms. The molecule has 0 aliphatic carbocycles. The average molecular weight is 286 g/mol. The third-order valence-corrected chi connectivity index (χ3v) is 3.99. The first-order valence-corrected chi connectivity index (χ1v) is 7.25. The monoisotopic (exact) mass is 286 g/mol. The second-order valence-corrected chi connectivity index (χ2v) is 5.58. The smallest absolute Gasteiger partial charge is 0.254 e. The number of nitrogens with zero attached hydrogens (tertiary/aromatic N) is 2. The Morgan fingerprint density at radius 3 is 2.76 bits per heavy atom. The van der Waals surface area contributed by atoms with Crippen LogP contribution in [0.5, 0.6) is 0 Å². The van der Waals surface area contributed by atoms with Gasteiger partial charge in [-0.05, 0) is 30.7 Å². The van der Waals surface area contributed by atoms with Gasteiger partial charge >= 0.3 is 0 Å². The minimum Gasteiger partial charge on any atom is -0.381 e. The molecular weight excluding hydrogens is 268 g/mol. The molecule has 0 radical (unpaired) electrons. The van der Waals surface area contributed by atoms with Crippen LogP contribution in [0, 0.1) is 17.2 Å². The molecule has 1 aromatic rings. The zero-order chi connectivity index (χ0) is 14.7. The summed E-state index contributed by atoms with van der Waals surface area (Å²) >= 11 is 0.